The van der Waals surface area contributed by atoms with Crippen LogP contribution in [0.3, 0.4) is 0 Å². The number of hydrogen-bond acceptors (Lipinski definition) is 4. The number of nitrogens with zero attached hydrogens (tertiary/aromatic N) is 2. The van der Waals surface area contributed by atoms with Crippen molar-refractivity contribution in [3.63, 3.8) is 0 Å². The van der Waals surface area contributed by atoms with E-state index in [0.717, 1.165) is 6.20 Å². The van der Waals surface area contributed by atoms with E-state index in [0.29, 0.717) is 5.56 Å². The average molecular weight is 228 g/mol. The van der Waals surface area contributed by atoms with E-state index in [-0.39, 0.29) is 17.2 Å². The van der Waals surface area contributed by atoms with Gasteiger partial charge in [-0.3, -0.25) is 4.79 Å². The van der Waals surface area contributed by atoms with Crippen LogP contribution in [0.5, 0.6) is 0 Å². The van der Waals surface area contributed by atoms with Crippen molar-refractivity contribution in [3.8, 4) is 0 Å². The van der Waals surface area contributed by atoms with E-state index in [1.165, 1.54) is 6.20 Å². The van der Waals surface area contributed by atoms with Crippen LogP contribution in [-0.2, 0) is 0 Å². The number of carbonyl (C=O) groups is 2. The maximum atomic E-state index is 11.9. The summed E-state index contributed by atoms with van der Waals surface area (Å²) < 4.78 is 0. The Morgan fingerprint density at radius 3 is 2.06 bits per heavy atom. The summed E-state index contributed by atoms with van der Waals surface area (Å²) in [4.78, 5) is 29.9. The molecule has 0 aliphatic rings. The Labute approximate surface area is 96.8 Å². The molecule has 0 spiro atoms. The van der Waals surface area contributed by atoms with Gasteiger partial charge in [-0.15, -0.1) is 0 Å². The number of carboxylic acids is 1. The van der Waals surface area contributed by atoms with Crippen molar-refractivity contribution in [2.75, 3.05) is 0 Å². The lowest BCUT2D eigenvalue weighted by Gasteiger charge is -1.99. The molecule has 17 heavy (non-hydrogen) atoms. The summed E-state index contributed by atoms with van der Waals surface area (Å²) >= 11 is 0. The highest BCUT2D eigenvalue weighted by Crippen LogP contribution is 2.06. The Balaban J connectivity index is 2.30. The van der Waals surface area contributed by atoms with Gasteiger partial charge in [0.2, 0.25) is 5.78 Å². The molecule has 0 atom stereocenters. The first kappa shape index (κ1) is 10.9. The molecule has 0 radical (unpaired) electrons. The van der Waals surface area contributed by atoms with Crippen LogP contribution < -0.4 is 0 Å². The highest BCUT2D eigenvalue weighted by Gasteiger charge is 2.12. The molecular formula is C12H8N2O3. The van der Waals surface area contributed by atoms with Gasteiger partial charge in [0, 0.05) is 5.56 Å². The molecule has 1 heterocycles. The van der Waals surface area contributed by atoms with Gasteiger partial charge >= 0.3 is 5.97 Å². The molecule has 5 nitrogen and oxygen atoms in total. The summed E-state index contributed by atoms with van der Waals surface area (Å²) in [6.07, 6.45) is 2.23. The number of carboxylic acid groups (broad SMARTS) is 1. The van der Waals surface area contributed by atoms with Gasteiger partial charge in [0.25, 0.3) is 0 Å². The lowest BCUT2D eigenvalue weighted by atomic mass is 10.1. The second-order valence-electron chi connectivity index (χ2n) is 3.29. The Morgan fingerprint density at radius 1 is 0.941 bits per heavy atom. The number of aromatic nitrogens is 2. The standard InChI is InChI=1S/C12H8N2O3/c15-11(8-4-2-1-3-5-8)9-6-14-10(7-13-9)12(16)17/h1-7H,(H,16,17). The summed E-state index contributed by atoms with van der Waals surface area (Å²) in [6, 6.07) is 8.61. The molecular weight excluding hydrogens is 220 g/mol. The minimum atomic E-state index is -1.17. The van der Waals surface area contributed by atoms with Crippen molar-refractivity contribution < 1.29 is 14.7 Å². The zero-order chi connectivity index (χ0) is 12.3. The van der Waals surface area contributed by atoms with Gasteiger partial charge in [-0.05, 0) is 0 Å². The van der Waals surface area contributed by atoms with Crippen LogP contribution in [-0.4, -0.2) is 26.8 Å². The lowest BCUT2D eigenvalue weighted by molar-refractivity contribution is 0.0689. The first-order valence-electron chi connectivity index (χ1n) is 4.83. The second kappa shape index (κ2) is 4.52. The van der Waals surface area contributed by atoms with E-state index in [1.807, 2.05) is 0 Å². The zero-order valence-corrected chi connectivity index (χ0v) is 8.70. The molecule has 2 aromatic rings. The molecule has 5 heteroatoms. The fraction of sp³-hybridized carbons (Fsp3) is 0. The molecule has 1 N–H and O–H groups in total. The summed E-state index contributed by atoms with van der Waals surface area (Å²) in [6.45, 7) is 0. The molecule has 0 saturated heterocycles. The predicted octanol–water partition coefficient (Wildman–Crippen LogP) is 1.41. The highest BCUT2D eigenvalue weighted by atomic mass is 16.4. The summed E-state index contributed by atoms with van der Waals surface area (Å²) in [5.74, 6) is -1.45. The smallest absolute Gasteiger partial charge is 0.356 e. The molecule has 0 saturated carbocycles. The maximum Gasteiger partial charge on any atom is 0.356 e. The maximum absolute atomic E-state index is 11.9. The van der Waals surface area contributed by atoms with E-state index < -0.39 is 5.97 Å². The molecule has 1 aromatic carbocycles. The largest absolute Gasteiger partial charge is 0.476 e. The minimum absolute atomic E-state index is 0.126. The molecule has 84 valence electrons. The minimum Gasteiger partial charge on any atom is -0.476 e. The molecule has 0 fully saturated rings. The second-order valence-corrected chi connectivity index (χ2v) is 3.29. The third-order valence-electron chi connectivity index (χ3n) is 2.14. The Kier molecular flexibility index (Phi) is 2.91. The van der Waals surface area contributed by atoms with Crippen LogP contribution >= 0.6 is 0 Å². The average Bonchev–Trinajstić information content (AvgIpc) is 2.39. The van der Waals surface area contributed by atoms with Crippen molar-refractivity contribution in [2.24, 2.45) is 0 Å². The molecule has 1 aromatic heterocycles. The third kappa shape index (κ3) is 2.34. The fourth-order valence-corrected chi connectivity index (χ4v) is 1.29. The fourth-order valence-electron chi connectivity index (χ4n) is 1.29. The van der Waals surface area contributed by atoms with Gasteiger partial charge < -0.3 is 5.11 Å². The highest BCUT2D eigenvalue weighted by molar-refractivity contribution is 6.07. The van der Waals surface area contributed by atoms with Crippen molar-refractivity contribution in [1.29, 1.82) is 0 Å². The molecule has 0 unspecified atom stereocenters. The topological polar surface area (TPSA) is 80.1 Å². The van der Waals surface area contributed by atoms with Crippen LogP contribution in [0.1, 0.15) is 26.5 Å². The lowest BCUT2D eigenvalue weighted by Crippen LogP contribution is -2.08. The van der Waals surface area contributed by atoms with Gasteiger partial charge in [0.05, 0.1) is 12.4 Å². The van der Waals surface area contributed by atoms with E-state index in [1.54, 1.807) is 30.3 Å². The van der Waals surface area contributed by atoms with E-state index in [4.69, 9.17) is 5.11 Å². The van der Waals surface area contributed by atoms with Crippen LogP contribution in [0.25, 0.3) is 0 Å². The molecule has 0 aliphatic heterocycles. The van der Waals surface area contributed by atoms with Crippen molar-refractivity contribution in [3.05, 3.63) is 59.7 Å². The van der Waals surface area contributed by atoms with E-state index in [2.05, 4.69) is 9.97 Å². The zero-order valence-electron chi connectivity index (χ0n) is 8.70. The van der Waals surface area contributed by atoms with Crippen LogP contribution in [0, 0.1) is 0 Å². The van der Waals surface area contributed by atoms with Crippen molar-refractivity contribution in [1.82, 2.24) is 9.97 Å². The molecule has 0 aliphatic carbocycles. The van der Waals surface area contributed by atoms with E-state index >= 15 is 0 Å². The van der Waals surface area contributed by atoms with Crippen LogP contribution in [0.2, 0.25) is 0 Å². The van der Waals surface area contributed by atoms with E-state index in [9.17, 15) is 9.59 Å². The number of hydrogen-bond donors (Lipinski definition) is 1. The number of rotatable bonds is 3. The summed E-state index contributed by atoms with van der Waals surface area (Å²) in [7, 11) is 0. The number of aromatic carboxylic acids is 1. The molecule has 0 bridgehead atoms. The Morgan fingerprint density at radius 2 is 1.53 bits per heavy atom. The first-order valence-corrected chi connectivity index (χ1v) is 4.83. The van der Waals surface area contributed by atoms with Gasteiger partial charge in [-0.25, -0.2) is 14.8 Å². The normalized spacial score (nSPS) is 9.88. The van der Waals surface area contributed by atoms with Crippen molar-refractivity contribution in [2.45, 2.75) is 0 Å². The van der Waals surface area contributed by atoms with Crippen LogP contribution in [0.15, 0.2) is 42.7 Å². The van der Waals surface area contributed by atoms with Gasteiger partial charge in [-0.2, -0.15) is 0 Å². The number of carbonyl (C=O) groups excluding carboxylic acids is 1. The quantitative estimate of drug-likeness (QED) is 0.803. The third-order valence-corrected chi connectivity index (χ3v) is 2.14. The molecule has 2 rings (SSSR count). The first-order chi connectivity index (χ1) is 8.18. The molecule has 0 amide bonds. The Hall–Kier alpha value is -2.56. The number of ketones is 1. The predicted molar refractivity (Wildman–Crippen MR) is 58.9 cm³/mol. The SMILES string of the molecule is O=C(O)c1cnc(C(=O)c2ccccc2)cn1. The number of benzene rings is 1. The van der Waals surface area contributed by atoms with Crippen LogP contribution in [0.4, 0.5) is 0 Å². The monoisotopic (exact) mass is 228 g/mol. The summed E-state index contributed by atoms with van der Waals surface area (Å²) in [5, 5.41) is 8.64. The van der Waals surface area contributed by atoms with Gasteiger partial charge in [0.15, 0.2) is 5.69 Å². The summed E-state index contributed by atoms with van der Waals surface area (Å²) in [5.41, 5.74) is 0.431. The Bertz CT molecular complexity index is 550. The van der Waals surface area contributed by atoms with Gasteiger partial charge in [0.1, 0.15) is 5.69 Å². The van der Waals surface area contributed by atoms with Crippen molar-refractivity contribution >= 4 is 11.8 Å². The van der Waals surface area contributed by atoms with Gasteiger partial charge in [-0.1, -0.05) is 30.3 Å².